The summed E-state index contributed by atoms with van der Waals surface area (Å²) in [5.74, 6) is 0.577. The molecule has 0 heterocycles. The molecule has 1 aliphatic carbocycles. The van der Waals surface area contributed by atoms with Crippen molar-refractivity contribution in [3.8, 4) is 0 Å². The lowest BCUT2D eigenvalue weighted by atomic mass is 9.97. The lowest BCUT2D eigenvalue weighted by molar-refractivity contribution is 0.0696. The molecule has 1 saturated carbocycles. The predicted molar refractivity (Wildman–Crippen MR) is 73.1 cm³/mol. The van der Waals surface area contributed by atoms with Gasteiger partial charge in [-0.2, -0.15) is 0 Å². The molecule has 1 aromatic carbocycles. The van der Waals surface area contributed by atoms with Gasteiger partial charge in [-0.25, -0.2) is 4.79 Å². The van der Waals surface area contributed by atoms with E-state index in [2.05, 4.69) is 19.2 Å². The van der Waals surface area contributed by atoms with Crippen LogP contribution in [0.25, 0.3) is 0 Å². The Morgan fingerprint density at radius 3 is 2.56 bits per heavy atom. The third kappa shape index (κ3) is 2.50. The number of carbonyl (C=O) groups is 1. The van der Waals surface area contributed by atoms with E-state index in [1.54, 1.807) is 6.07 Å². The zero-order valence-corrected chi connectivity index (χ0v) is 11.2. The minimum atomic E-state index is -0.859. The van der Waals surface area contributed by atoms with E-state index in [1.165, 1.54) is 12.8 Å². The summed E-state index contributed by atoms with van der Waals surface area (Å²) < 4.78 is 0. The first kappa shape index (κ1) is 12.9. The van der Waals surface area contributed by atoms with Crippen molar-refractivity contribution in [2.45, 2.75) is 39.7 Å². The van der Waals surface area contributed by atoms with Gasteiger partial charge < -0.3 is 10.4 Å². The third-order valence-corrected chi connectivity index (χ3v) is 4.27. The molecule has 3 nitrogen and oxygen atoms in total. The van der Waals surface area contributed by atoms with E-state index < -0.39 is 5.97 Å². The summed E-state index contributed by atoms with van der Waals surface area (Å²) in [5.41, 5.74) is 2.23. The monoisotopic (exact) mass is 247 g/mol. The largest absolute Gasteiger partial charge is 0.478 e. The molecule has 3 heteroatoms. The summed E-state index contributed by atoms with van der Waals surface area (Å²) in [6, 6.07) is 5.99. The van der Waals surface area contributed by atoms with E-state index in [9.17, 15) is 4.79 Å². The van der Waals surface area contributed by atoms with Gasteiger partial charge in [0.15, 0.2) is 0 Å². The standard InChI is InChI=1S/C15H21NO2/c1-9-4-7-14(11(9)3)16-12-5-6-13(15(17)18)10(2)8-12/h5-6,8-9,11,14,16H,4,7H2,1-3H3,(H,17,18). The molecule has 2 rings (SSSR count). The van der Waals surface area contributed by atoms with Gasteiger partial charge in [0.25, 0.3) is 0 Å². The third-order valence-electron chi connectivity index (χ3n) is 4.27. The topological polar surface area (TPSA) is 49.3 Å². The zero-order valence-electron chi connectivity index (χ0n) is 11.2. The van der Waals surface area contributed by atoms with Gasteiger partial charge in [0.05, 0.1) is 5.56 Å². The van der Waals surface area contributed by atoms with Gasteiger partial charge in [-0.15, -0.1) is 0 Å². The highest BCUT2D eigenvalue weighted by Gasteiger charge is 2.29. The first-order chi connectivity index (χ1) is 8.49. The molecule has 18 heavy (non-hydrogen) atoms. The van der Waals surface area contributed by atoms with Gasteiger partial charge in [0.1, 0.15) is 0 Å². The number of aryl methyl sites for hydroxylation is 1. The van der Waals surface area contributed by atoms with Crippen molar-refractivity contribution in [3.05, 3.63) is 29.3 Å². The number of hydrogen-bond donors (Lipinski definition) is 2. The van der Waals surface area contributed by atoms with Crippen LogP contribution in [-0.4, -0.2) is 17.1 Å². The number of aromatic carboxylic acids is 1. The van der Waals surface area contributed by atoms with Crippen molar-refractivity contribution in [1.82, 2.24) is 0 Å². The van der Waals surface area contributed by atoms with Crippen molar-refractivity contribution in [3.63, 3.8) is 0 Å². The first-order valence-corrected chi connectivity index (χ1v) is 6.59. The van der Waals surface area contributed by atoms with Crippen LogP contribution in [0.4, 0.5) is 5.69 Å². The fourth-order valence-corrected chi connectivity index (χ4v) is 2.78. The molecule has 98 valence electrons. The molecule has 0 bridgehead atoms. The number of nitrogens with one attached hydrogen (secondary N) is 1. The van der Waals surface area contributed by atoms with Crippen molar-refractivity contribution in [2.75, 3.05) is 5.32 Å². The Bertz CT molecular complexity index is 456. The second kappa shape index (κ2) is 5.01. The lowest BCUT2D eigenvalue weighted by Gasteiger charge is -2.21. The fourth-order valence-electron chi connectivity index (χ4n) is 2.78. The van der Waals surface area contributed by atoms with Crippen LogP contribution in [0.2, 0.25) is 0 Å². The maximum absolute atomic E-state index is 11.0. The molecule has 0 radical (unpaired) electrons. The Morgan fingerprint density at radius 2 is 2.06 bits per heavy atom. The normalized spacial score (nSPS) is 27.2. The minimum Gasteiger partial charge on any atom is -0.478 e. The minimum absolute atomic E-state index is 0.383. The molecule has 0 amide bonds. The molecular formula is C15H21NO2. The average Bonchev–Trinajstić information content (AvgIpc) is 2.61. The Morgan fingerprint density at radius 1 is 1.33 bits per heavy atom. The molecule has 1 aromatic rings. The van der Waals surface area contributed by atoms with Crippen molar-refractivity contribution < 1.29 is 9.90 Å². The summed E-state index contributed by atoms with van der Waals surface area (Å²) in [7, 11) is 0. The van der Waals surface area contributed by atoms with Crippen LogP contribution in [0.1, 0.15) is 42.6 Å². The van der Waals surface area contributed by atoms with Crippen LogP contribution in [0.3, 0.4) is 0 Å². The highest BCUT2D eigenvalue weighted by atomic mass is 16.4. The van der Waals surface area contributed by atoms with Crippen LogP contribution in [0, 0.1) is 18.8 Å². The number of benzene rings is 1. The Labute approximate surface area is 108 Å². The summed E-state index contributed by atoms with van der Waals surface area (Å²) >= 11 is 0. The predicted octanol–water partition coefficient (Wildman–Crippen LogP) is 3.54. The van der Waals surface area contributed by atoms with Gasteiger partial charge in [0.2, 0.25) is 0 Å². The molecule has 3 atom stereocenters. The van der Waals surface area contributed by atoms with E-state index in [0.29, 0.717) is 17.5 Å². The number of anilines is 1. The van der Waals surface area contributed by atoms with Crippen LogP contribution >= 0.6 is 0 Å². The highest BCUT2D eigenvalue weighted by Crippen LogP contribution is 2.33. The molecule has 1 fully saturated rings. The van der Waals surface area contributed by atoms with Gasteiger partial charge in [0, 0.05) is 11.7 Å². The van der Waals surface area contributed by atoms with Crippen LogP contribution in [0.15, 0.2) is 18.2 Å². The molecule has 2 N–H and O–H groups in total. The van der Waals surface area contributed by atoms with Gasteiger partial charge in [-0.1, -0.05) is 13.8 Å². The number of carboxylic acids is 1. The Kier molecular flexibility index (Phi) is 3.60. The van der Waals surface area contributed by atoms with Crippen LogP contribution < -0.4 is 5.32 Å². The second-order valence-corrected chi connectivity index (χ2v) is 5.50. The van der Waals surface area contributed by atoms with E-state index in [0.717, 1.165) is 17.2 Å². The number of hydrogen-bond acceptors (Lipinski definition) is 2. The maximum atomic E-state index is 11.0. The molecule has 1 aliphatic rings. The van der Waals surface area contributed by atoms with E-state index in [-0.39, 0.29) is 0 Å². The quantitative estimate of drug-likeness (QED) is 0.859. The maximum Gasteiger partial charge on any atom is 0.335 e. The Balaban J connectivity index is 2.11. The molecular weight excluding hydrogens is 226 g/mol. The van der Waals surface area contributed by atoms with Gasteiger partial charge in [-0.05, 0) is 55.4 Å². The summed E-state index contributed by atoms with van der Waals surface area (Å²) in [6.45, 7) is 6.42. The SMILES string of the molecule is Cc1cc(NC2CCC(C)C2C)ccc1C(=O)O. The molecule has 3 unspecified atom stereocenters. The van der Waals surface area contributed by atoms with E-state index in [1.807, 2.05) is 19.1 Å². The molecule has 0 saturated heterocycles. The van der Waals surface area contributed by atoms with Crippen LogP contribution in [-0.2, 0) is 0 Å². The average molecular weight is 247 g/mol. The molecule has 0 aromatic heterocycles. The smallest absolute Gasteiger partial charge is 0.335 e. The zero-order chi connectivity index (χ0) is 13.3. The van der Waals surface area contributed by atoms with Gasteiger partial charge >= 0.3 is 5.97 Å². The first-order valence-electron chi connectivity index (χ1n) is 6.59. The van der Waals surface area contributed by atoms with Crippen LogP contribution in [0.5, 0.6) is 0 Å². The van der Waals surface area contributed by atoms with Crippen molar-refractivity contribution >= 4 is 11.7 Å². The highest BCUT2D eigenvalue weighted by molar-refractivity contribution is 5.89. The lowest BCUT2D eigenvalue weighted by Crippen LogP contribution is -2.24. The molecule has 0 aliphatic heterocycles. The van der Waals surface area contributed by atoms with E-state index >= 15 is 0 Å². The van der Waals surface area contributed by atoms with E-state index in [4.69, 9.17) is 5.11 Å². The molecule has 0 spiro atoms. The summed E-state index contributed by atoms with van der Waals surface area (Å²) in [6.07, 6.45) is 2.47. The van der Waals surface area contributed by atoms with Crippen molar-refractivity contribution in [1.29, 1.82) is 0 Å². The number of rotatable bonds is 3. The number of carboxylic acid groups (broad SMARTS) is 1. The summed E-state index contributed by atoms with van der Waals surface area (Å²) in [4.78, 5) is 11.0. The fraction of sp³-hybridized carbons (Fsp3) is 0.533. The summed E-state index contributed by atoms with van der Waals surface area (Å²) in [5, 5.41) is 12.5. The van der Waals surface area contributed by atoms with Crippen molar-refractivity contribution in [2.24, 2.45) is 11.8 Å². The van der Waals surface area contributed by atoms with Gasteiger partial charge in [-0.3, -0.25) is 0 Å². The second-order valence-electron chi connectivity index (χ2n) is 5.50. The Hall–Kier alpha value is -1.51.